The first-order valence-corrected chi connectivity index (χ1v) is 9.42. The average molecular weight is 353 g/mol. The van der Waals surface area contributed by atoms with Crippen LogP contribution in [-0.4, -0.2) is 13.5 Å². The molecule has 0 fully saturated rings. The number of sulfonamides is 1. The van der Waals surface area contributed by atoms with Crippen molar-refractivity contribution in [3.05, 3.63) is 95.6 Å². The Balaban J connectivity index is 1.65. The van der Waals surface area contributed by atoms with E-state index in [9.17, 15) is 13.5 Å². The molecule has 3 rings (SSSR count). The van der Waals surface area contributed by atoms with E-state index in [1.807, 2.05) is 42.5 Å². The van der Waals surface area contributed by atoms with Gasteiger partial charge in [-0.15, -0.1) is 0 Å². The maximum Gasteiger partial charge on any atom is 0.244 e. The van der Waals surface area contributed by atoms with Gasteiger partial charge in [-0.3, -0.25) is 0 Å². The predicted molar refractivity (Wildman–Crippen MR) is 97.8 cm³/mol. The molecule has 0 aliphatic heterocycles. The number of nitrogens with one attached hydrogen (secondary N) is 1. The van der Waals surface area contributed by atoms with E-state index < -0.39 is 10.0 Å². The Kier molecular flexibility index (Phi) is 5.16. The van der Waals surface area contributed by atoms with E-state index in [0.29, 0.717) is 0 Å². The van der Waals surface area contributed by atoms with Gasteiger partial charge in [0.25, 0.3) is 0 Å². The summed E-state index contributed by atoms with van der Waals surface area (Å²) in [5.41, 5.74) is 3.25. The molecule has 0 saturated heterocycles. The Labute approximate surface area is 147 Å². The van der Waals surface area contributed by atoms with Crippen LogP contribution in [0.4, 0.5) is 0 Å². The molecule has 3 aromatic carbocycles. The van der Waals surface area contributed by atoms with Gasteiger partial charge in [-0.1, -0.05) is 66.7 Å². The van der Waals surface area contributed by atoms with Crippen molar-refractivity contribution in [2.75, 3.05) is 0 Å². The molecule has 0 atom stereocenters. The van der Waals surface area contributed by atoms with Crippen LogP contribution in [0.25, 0.3) is 0 Å². The molecule has 0 radical (unpaired) electrons. The third kappa shape index (κ3) is 4.47. The van der Waals surface area contributed by atoms with Crippen molar-refractivity contribution in [2.45, 2.75) is 17.9 Å². The van der Waals surface area contributed by atoms with Gasteiger partial charge in [0.1, 0.15) is 10.6 Å². The topological polar surface area (TPSA) is 66.4 Å². The molecular formula is C20H19NO3S. The fraction of sp³-hybridized carbons (Fsp3) is 0.100. The molecule has 3 aromatic rings. The van der Waals surface area contributed by atoms with Crippen LogP contribution < -0.4 is 4.72 Å². The van der Waals surface area contributed by atoms with Crippen molar-refractivity contribution in [3.8, 4) is 5.75 Å². The molecule has 25 heavy (non-hydrogen) atoms. The molecule has 128 valence electrons. The highest BCUT2D eigenvalue weighted by atomic mass is 32.2. The van der Waals surface area contributed by atoms with Crippen molar-refractivity contribution in [1.29, 1.82) is 0 Å². The van der Waals surface area contributed by atoms with E-state index in [0.717, 1.165) is 12.0 Å². The minimum Gasteiger partial charge on any atom is -0.507 e. The van der Waals surface area contributed by atoms with Crippen LogP contribution in [0.2, 0.25) is 0 Å². The van der Waals surface area contributed by atoms with Crippen LogP contribution in [0.1, 0.15) is 16.7 Å². The molecule has 2 N–H and O–H groups in total. The Morgan fingerprint density at radius 3 is 1.96 bits per heavy atom. The summed E-state index contributed by atoms with van der Waals surface area (Å²) in [4.78, 5) is -0.115. The zero-order valence-electron chi connectivity index (χ0n) is 13.6. The number of hydrogen-bond acceptors (Lipinski definition) is 3. The lowest BCUT2D eigenvalue weighted by Crippen LogP contribution is -2.23. The van der Waals surface area contributed by atoms with Crippen molar-refractivity contribution in [1.82, 2.24) is 4.72 Å². The van der Waals surface area contributed by atoms with Gasteiger partial charge in [-0.05, 0) is 35.2 Å². The molecule has 0 aromatic heterocycles. The molecule has 0 aliphatic carbocycles. The Morgan fingerprint density at radius 1 is 0.720 bits per heavy atom. The number of para-hydroxylation sites is 1. The first-order chi connectivity index (χ1) is 12.0. The maximum atomic E-state index is 12.3. The molecule has 0 spiro atoms. The minimum absolute atomic E-state index is 0.115. The Bertz CT molecular complexity index is 936. The predicted octanol–water partition coefficient (Wildman–Crippen LogP) is 3.46. The van der Waals surface area contributed by atoms with E-state index in [4.69, 9.17) is 0 Å². The van der Waals surface area contributed by atoms with E-state index in [2.05, 4.69) is 16.9 Å². The van der Waals surface area contributed by atoms with Gasteiger partial charge in [0.05, 0.1) is 0 Å². The molecule has 5 heteroatoms. The lowest BCUT2D eigenvalue weighted by atomic mass is 10.0. The van der Waals surface area contributed by atoms with Gasteiger partial charge >= 0.3 is 0 Å². The second-order valence-corrected chi connectivity index (χ2v) is 7.51. The van der Waals surface area contributed by atoms with Crippen LogP contribution in [0.3, 0.4) is 0 Å². The molecular weight excluding hydrogens is 334 g/mol. The first-order valence-electron chi connectivity index (χ1n) is 7.94. The van der Waals surface area contributed by atoms with E-state index in [1.54, 1.807) is 12.1 Å². The van der Waals surface area contributed by atoms with E-state index in [-0.39, 0.29) is 17.2 Å². The van der Waals surface area contributed by atoms with Crippen LogP contribution in [0.15, 0.2) is 83.8 Å². The largest absolute Gasteiger partial charge is 0.507 e. The number of aromatic hydroxyl groups is 1. The second kappa shape index (κ2) is 7.51. The Morgan fingerprint density at radius 2 is 1.28 bits per heavy atom. The standard InChI is InChI=1S/C20H19NO3S/c22-19-8-4-5-9-20(19)25(23,24)21-15-18-12-10-17(11-13-18)14-16-6-2-1-3-7-16/h1-13,21-22H,14-15H2. The van der Waals surface area contributed by atoms with Crippen LogP contribution in [0.5, 0.6) is 5.75 Å². The first kappa shape index (κ1) is 17.2. The SMILES string of the molecule is O=S(=O)(NCc1ccc(Cc2ccccc2)cc1)c1ccccc1O. The molecule has 0 saturated carbocycles. The summed E-state index contributed by atoms with van der Waals surface area (Å²) in [6.45, 7) is 0.169. The van der Waals surface area contributed by atoms with Gasteiger partial charge in [0, 0.05) is 6.54 Å². The molecule has 0 aliphatic rings. The molecule has 0 unspecified atom stereocenters. The van der Waals surface area contributed by atoms with Crippen LogP contribution in [-0.2, 0) is 23.0 Å². The normalized spacial score (nSPS) is 11.4. The highest BCUT2D eigenvalue weighted by Gasteiger charge is 2.17. The fourth-order valence-corrected chi connectivity index (χ4v) is 3.66. The summed E-state index contributed by atoms with van der Waals surface area (Å²) < 4.78 is 27.0. The summed E-state index contributed by atoms with van der Waals surface area (Å²) in [5, 5.41) is 9.70. The third-order valence-corrected chi connectivity index (χ3v) is 5.34. The fourth-order valence-electron chi connectivity index (χ4n) is 2.55. The second-order valence-electron chi connectivity index (χ2n) is 5.77. The number of hydrogen-bond donors (Lipinski definition) is 2. The van der Waals surface area contributed by atoms with Gasteiger partial charge in [-0.25, -0.2) is 13.1 Å². The van der Waals surface area contributed by atoms with Crippen molar-refractivity contribution >= 4 is 10.0 Å². The van der Waals surface area contributed by atoms with Crippen LogP contribution in [0, 0.1) is 0 Å². The quantitative estimate of drug-likeness (QED) is 0.713. The lowest BCUT2D eigenvalue weighted by Gasteiger charge is -2.09. The third-order valence-electron chi connectivity index (χ3n) is 3.90. The number of phenolic OH excluding ortho intramolecular Hbond substituents is 1. The zero-order chi connectivity index (χ0) is 17.7. The van der Waals surface area contributed by atoms with E-state index in [1.165, 1.54) is 23.3 Å². The summed E-state index contributed by atoms with van der Waals surface area (Å²) in [6.07, 6.45) is 0.838. The zero-order valence-corrected chi connectivity index (χ0v) is 14.4. The smallest absolute Gasteiger partial charge is 0.244 e. The highest BCUT2D eigenvalue weighted by molar-refractivity contribution is 7.89. The number of benzene rings is 3. The maximum absolute atomic E-state index is 12.3. The highest BCUT2D eigenvalue weighted by Crippen LogP contribution is 2.21. The molecule has 0 bridgehead atoms. The van der Waals surface area contributed by atoms with Gasteiger partial charge < -0.3 is 5.11 Å². The van der Waals surface area contributed by atoms with Gasteiger partial charge in [0.15, 0.2) is 0 Å². The molecule has 0 amide bonds. The summed E-state index contributed by atoms with van der Waals surface area (Å²) >= 11 is 0. The van der Waals surface area contributed by atoms with Gasteiger partial charge in [0.2, 0.25) is 10.0 Å². The van der Waals surface area contributed by atoms with Gasteiger partial charge in [-0.2, -0.15) is 0 Å². The van der Waals surface area contributed by atoms with E-state index >= 15 is 0 Å². The van der Waals surface area contributed by atoms with Crippen molar-refractivity contribution < 1.29 is 13.5 Å². The van der Waals surface area contributed by atoms with Crippen molar-refractivity contribution in [2.24, 2.45) is 0 Å². The average Bonchev–Trinajstić information content (AvgIpc) is 2.62. The van der Waals surface area contributed by atoms with Crippen molar-refractivity contribution in [3.63, 3.8) is 0 Å². The molecule has 4 nitrogen and oxygen atoms in total. The summed E-state index contributed by atoms with van der Waals surface area (Å²) in [6, 6.07) is 23.9. The van der Waals surface area contributed by atoms with Crippen LogP contribution >= 0.6 is 0 Å². The summed E-state index contributed by atoms with van der Waals surface area (Å²) in [5.74, 6) is -0.256. The Hall–Kier alpha value is -2.63. The lowest BCUT2D eigenvalue weighted by molar-refractivity contribution is 0.458. The summed E-state index contributed by atoms with van der Waals surface area (Å²) in [7, 11) is -3.75. The number of phenols is 1. The minimum atomic E-state index is -3.75. The monoisotopic (exact) mass is 353 g/mol. The number of rotatable bonds is 6. The molecule has 0 heterocycles.